The Labute approximate surface area is 93.9 Å². The molecule has 0 fully saturated rings. The molecule has 1 heterocycles. The fourth-order valence-corrected chi connectivity index (χ4v) is 1.57. The van der Waals surface area contributed by atoms with Gasteiger partial charge in [0.1, 0.15) is 5.69 Å². The van der Waals surface area contributed by atoms with E-state index in [4.69, 9.17) is 0 Å². The van der Waals surface area contributed by atoms with E-state index in [9.17, 15) is 4.79 Å². The zero-order valence-electron chi connectivity index (χ0n) is 9.34. The third-order valence-electron chi connectivity index (χ3n) is 2.63. The molecule has 4 nitrogen and oxygen atoms in total. The van der Waals surface area contributed by atoms with E-state index in [-0.39, 0.29) is 0 Å². The molecule has 2 aromatic rings. The first kappa shape index (κ1) is 10.5. The van der Waals surface area contributed by atoms with E-state index >= 15 is 0 Å². The van der Waals surface area contributed by atoms with Crippen LogP contribution in [0.15, 0.2) is 24.3 Å². The molecule has 0 bridgehead atoms. The summed E-state index contributed by atoms with van der Waals surface area (Å²) in [5.41, 5.74) is 3.35. The summed E-state index contributed by atoms with van der Waals surface area (Å²) in [4.78, 5) is 10.7. The van der Waals surface area contributed by atoms with Crippen LogP contribution in [0.25, 0.3) is 5.69 Å². The highest BCUT2D eigenvalue weighted by molar-refractivity contribution is 5.73. The number of carbonyl (C=O) groups is 1. The lowest BCUT2D eigenvalue weighted by Gasteiger charge is -2.03. The number of nitrogens with zero attached hydrogens (tertiary/aromatic N) is 3. The maximum Gasteiger partial charge on any atom is 0.172 e. The predicted molar refractivity (Wildman–Crippen MR) is 60.9 cm³/mol. The Bertz CT molecular complexity index is 499. The lowest BCUT2D eigenvalue weighted by atomic mass is 10.1. The normalized spacial score (nSPS) is 10.4. The fraction of sp³-hybridized carbons (Fsp3) is 0.250. The predicted octanol–water partition coefficient (Wildman–Crippen LogP) is 1.95. The van der Waals surface area contributed by atoms with Crippen molar-refractivity contribution in [1.82, 2.24) is 15.0 Å². The van der Waals surface area contributed by atoms with Gasteiger partial charge in [0.15, 0.2) is 6.29 Å². The van der Waals surface area contributed by atoms with Crippen molar-refractivity contribution in [2.75, 3.05) is 0 Å². The number of carbonyl (C=O) groups excluding carboxylic acids is 1. The van der Waals surface area contributed by atoms with Gasteiger partial charge in [-0.05, 0) is 31.0 Å². The number of aryl methyl sites for hydroxylation is 1. The topological polar surface area (TPSA) is 47.8 Å². The second kappa shape index (κ2) is 4.26. The van der Waals surface area contributed by atoms with Gasteiger partial charge < -0.3 is 0 Å². The number of hydrogen-bond acceptors (Lipinski definition) is 3. The number of rotatable bonds is 3. The van der Waals surface area contributed by atoms with Crippen LogP contribution in [0.1, 0.15) is 28.7 Å². The lowest BCUT2D eigenvalue weighted by molar-refractivity contribution is 0.111. The van der Waals surface area contributed by atoms with Gasteiger partial charge in [-0.15, -0.1) is 5.10 Å². The number of benzene rings is 1. The molecule has 4 heteroatoms. The summed E-state index contributed by atoms with van der Waals surface area (Å²) in [5.74, 6) is 0. The van der Waals surface area contributed by atoms with Gasteiger partial charge in [0, 0.05) is 0 Å². The number of aldehydes is 1. The molecule has 0 N–H and O–H groups in total. The largest absolute Gasteiger partial charge is 0.296 e. The van der Waals surface area contributed by atoms with Crippen molar-refractivity contribution in [2.24, 2.45) is 0 Å². The average Bonchev–Trinajstić information content (AvgIpc) is 2.70. The lowest BCUT2D eigenvalue weighted by Crippen LogP contribution is -1.99. The van der Waals surface area contributed by atoms with Crippen LogP contribution < -0.4 is 0 Å². The molecule has 0 unspecified atom stereocenters. The van der Waals surface area contributed by atoms with Crippen LogP contribution in [0.5, 0.6) is 0 Å². The zero-order valence-corrected chi connectivity index (χ0v) is 9.34. The Morgan fingerprint density at radius 2 is 2.00 bits per heavy atom. The van der Waals surface area contributed by atoms with Crippen molar-refractivity contribution in [1.29, 1.82) is 0 Å². The third-order valence-corrected chi connectivity index (χ3v) is 2.63. The van der Waals surface area contributed by atoms with Gasteiger partial charge in [-0.1, -0.05) is 24.3 Å². The quantitative estimate of drug-likeness (QED) is 0.735. The molecule has 1 aromatic carbocycles. The fourth-order valence-electron chi connectivity index (χ4n) is 1.57. The van der Waals surface area contributed by atoms with E-state index in [1.807, 2.05) is 19.1 Å². The summed E-state index contributed by atoms with van der Waals surface area (Å²) in [5, 5.41) is 7.75. The van der Waals surface area contributed by atoms with Crippen molar-refractivity contribution in [3.05, 3.63) is 41.2 Å². The van der Waals surface area contributed by atoms with Crippen LogP contribution in [0.2, 0.25) is 0 Å². The van der Waals surface area contributed by atoms with Crippen LogP contribution in [-0.2, 0) is 6.42 Å². The second-order valence-electron chi connectivity index (χ2n) is 3.61. The van der Waals surface area contributed by atoms with Gasteiger partial charge in [0.25, 0.3) is 0 Å². The highest BCUT2D eigenvalue weighted by Gasteiger charge is 2.08. The zero-order chi connectivity index (χ0) is 11.5. The van der Waals surface area contributed by atoms with E-state index in [0.29, 0.717) is 5.69 Å². The minimum Gasteiger partial charge on any atom is -0.296 e. The average molecular weight is 215 g/mol. The van der Waals surface area contributed by atoms with Gasteiger partial charge in [-0.3, -0.25) is 4.79 Å². The molecule has 0 saturated carbocycles. The summed E-state index contributed by atoms with van der Waals surface area (Å²) in [6.07, 6.45) is 1.73. The van der Waals surface area contributed by atoms with E-state index in [1.54, 1.807) is 4.68 Å². The molecule has 0 radical (unpaired) electrons. The molecule has 16 heavy (non-hydrogen) atoms. The summed E-state index contributed by atoms with van der Waals surface area (Å²) in [6.45, 7) is 3.94. The highest BCUT2D eigenvalue weighted by atomic mass is 16.1. The summed E-state index contributed by atoms with van der Waals surface area (Å²) in [6, 6.07) is 8.07. The Kier molecular flexibility index (Phi) is 2.81. The molecule has 0 atom stereocenters. The molecule has 0 aliphatic rings. The second-order valence-corrected chi connectivity index (χ2v) is 3.61. The Morgan fingerprint density at radius 3 is 2.50 bits per heavy atom. The van der Waals surface area contributed by atoms with Crippen LogP contribution in [0.4, 0.5) is 0 Å². The van der Waals surface area contributed by atoms with Crippen molar-refractivity contribution in [3.8, 4) is 5.69 Å². The van der Waals surface area contributed by atoms with Gasteiger partial charge in [-0.2, -0.15) is 0 Å². The van der Waals surface area contributed by atoms with Crippen LogP contribution in [0.3, 0.4) is 0 Å². The maximum atomic E-state index is 10.7. The van der Waals surface area contributed by atoms with Gasteiger partial charge in [0.05, 0.1) is 11.4 Å². The smallest absolute Gasteiger partial charge is 0.172 e. The number of aromatic nitrogens is 3. The first-order valence-electron chi connectivity index (χ1n) is 5.23. The highest BCUT2D eigenvalue weighted by Crippen LogP contribution is 2.12. The number of hydrogen-bond donors (Lipinski definition) is 0. The van der Waals surface area contributed by atoms with Gasteiger partial charge in [-0.25, -0.2) is 4.68 Å². The summed E-state index contributed by atoms with van der Waals surface area (Å²) >= 11 is 0. The maximum absolute atomic E-state index is 10.7. The van der Waals surface area contributed by atoms with Crippen molar-refractivity contribution >= 4 is 6.29 Å². The van der Waals surface area contributed by atoms with Crippen molar-refractivity contribution in [2.45, 2.75) is 20.3 Å². The Morgan fingerprint density at radius 1 is 1.31 bits per heavy atom. The van der Waals surface area contributed by atoms with Crippen LogP contribution in [-0.4, -0.2) is 21.3 Å². The van der Waals surface area contributed by atoms with Crippen LogP contribution in [0, 0.1) is 6.92 Å². The molecule has 0 saturated heterocycles. The minimum atomic E-state index is 0.388. The van der Waals surface area contributed by atoms with Crippen molar-refractivity contribution < 1.29 is 4.79 Å². The SMILES string of the molecule is CCc1ccc(-n2nnc(C=O)c2C)cc1. The molecule has 1 aromatic heterocycles. The monoisotopic (exact) mass is 215 g/mol. The molecule has 0 amide bonds. The first-order valence-corrected chi connectivity index (χ1v) is 5.23. The standard InChI is InChI=1S/C12H13N3O/c1-3-10-4-6-11(7-5-10)15-9(2)12(8-16)13-14-15/h4-8H,3H2,1-2H3. The molecule has 0 aliphatic carbocycles. The molecular weight excluding hydrogens is 202 g/mol. The molecular formula is C12H13N3O. The van der Waals surface area contributed by atoms with Gasteiger partial charge in [0.2, 0.25) is 0 Å². The van der Waals surface area contributed by atoms with Gasteiger partial charge >= 0.3 is 0 Å². The van der Waals surface area contributed by atoms with Crippen molar-refractivity contribution in [3.63, 3.8) is 0 Å². The van der Waals surface area contributed by atoms with E-state index < -0.39 is 0 Å². The van der Waals surface area contributed by atoms with E-state index in [0.717, 1.165) is 24.1 Å². The van der Waals surface area contributed by atoms with E-state index in [1.165, 1.54) is 5.56 Å². The summed E-state index contributed by atoms with van der Waals surface area (Å²) in [7, 11) is 0. The van der Waals surface area contributed by atoms with E-state index in [2.05, 4.69) is 29.4 Å². The minimum absolute atomic E-state index is 0.388. The molecule has 0 spiro atoms. The first-order chi connectivity index (χ1) is 7.76. The van der Waals surface area contributed by atoms with Crippen LogP contribution >= 0.6 is 0 Å². The Hall–Kier alpha value is -1.97. The summed E-state index contributed by atoms with van der Waals surface area (Å²) < 4.78 is 1.67. The molecule has 2 rings (SSSR count). The molecule has 82 valence electrons. The third kappa shape index (κ3) is 1.74. The molecule has 0 aliphatic heterocycles. The Balaban J connectivity index is 2.42.